The Morgan fingerprint density at radius 3 is 2.30 bits per heavy atom. The Morgan fingerprint density at radius 2 is 1.61 bits per heavy atom. The first kappa shape index (κ1) is 25.3. The van der Waals surface area contributed by atoms with E-state index in [2.05, 4.69) is 21.9 Å². The number of halogens is 1. The number of para-hydroxylation sites is 1. The van der Waals surface area contributed by atoms with Crippen LogP contribution < -0.4 is 9.47 Å². The van der Waals surface area contributed by atoms with Crippen LogP contribution >= 0.6 is 12.4 Å². The Kier molecular flexibility index (Phi) is 9.41. The highest BCUT2D eigenvalue weighted by Crippen LogP contribution is 2.23. The van der Waals surface area contributed by atoms with Gasteiger partial charge in [-0.2, -0.15) is 0 Å². The summed E-state index contributed by atoms with van der Waals surface area (Å²) in [5.41, 5.74) is 2.00. The summed E-state index contributed by atoms with van der Waals surface area (Å²) in [6, 6.07) is 16.5. The molecule has 2 aromatic carbocycles. The number of carbonyl (C=O) groups is 1. The van der Waals surface area contributed by atoms with Gasteiger partial charge in [0.15, 0.2) is 0 Å². The van der Waals surface area contributed by atoms with Gasteiger partial charge in [0, 0.05) is 38.8 Å². The van der Waals surface area contributed by atoms with Crippen LogP contribution in [0.4, 0.5) is 0 Å². The number of benzene rings is 2. The minimum atomic E-state index is 0. The molecule has 6 nitrogen and oxygen atoms in total. The predicted molar refractivity (Wildman–Crippen MR) is 134 cm³/mol. The molecule has 33 heavy (non-hydrogen) atoms. The van der Waals surface area contributed by atoms with Gasteiger partial charge in [-0.25, -0.2) is 0 Å². The van der Waals surface area contributed by atoms with Gasteiger partial charge in [0.05, 0.1) is 19.8 Å². The number of amides is 1. The normalized spacial score (nSPS) is 18.3. The summed E-state index contributed by atoms with van der Waals surface area (Å²) in [4.78, 5) is 20.2. The van der Waals surface area contributed by atoms with Crippen LogP contribution in [0.2, 0.25) is 0 Å². The van der Waals surface area contributed by atoms with Crippen LogP contribution in [0.5, 0.6) is 11.5 Å². The molecule has 2 fully saturated rings. The number of likely N-dealkylation sites (tertiary alicyclic amines) is 1. The highest BCUT2D eigenvalue weighted by atomic mass is 35.5. The third-order valence-corrected chi connectivity index (χ3v) is 6.79. The number of piperidine rings is 1. The molecule has 0 N–H and O–H groups in total. The average molecular weight is 474 g/mol. The second-order valence-corrected chi connectivity index (χ2v) is 8.74. The molecule has 2 saturated heterocycles. The van der Waals surface area contributed by atoms with E-state index in [1.165, 1.54) is 18.4 Å². The number of hydrogen-bond acceptors (Lipinski definition) is 5. The third kappa shape index (κ3) is 6.40. The summed E-state index contributed by atoms with van der Waals surface area (Å²) in [5, 5.41) is 0. The van der Waals surface area contributed by atoms with Gasteiger partial charge in [0.2, 0.25) is 0 Å². The molecule has 180 valence electrons. The van der Waals surface area contributed by atoms with E-state index in [-0.39, 0.29) is 18.3 Å². The minimum absolute atomic E-state index is 0. The summed E-state index contributed by atoms with van der Waals surface area (Å²) in [6.07, 6.45) is 3.40. The van der Waals surface area contributed by atoms with Crippen molar-refractivity contribution in [3.8, 4) is 11.5 Å². The van der Waals surface area contributed by atoms with Crippen molar-refractivity contribution in [3.63, 3.8) is 0 Å². The van der Waals surface area contributed by atoms with Crippen molar-refractivity contribution in [2.75, 3.05) is 53.5 Å². The van der Waals surface area contributed by atoms with E-state index in [1.54, 1.807) is 14.2 Å². The summed E-state index contributed by atoms with van der Waals surface area (Å²) in [6.45, 7) is 6.85. The standard InChI is InChI=1S/C26H35N3O3.ClH/c1-31-23-10-8-21(9-11-23)20-27-16-12-22(13-17-27)28-14-5-15-29(19-18-28)26(30)24-6-3-4-7-25(24)32-2;/h3-4,6-11,22H,5,12-20H2,1-2H3;1H. The van der Waals surface area contributed by atoms with Crippen LogP contribution in [0.3, 0.4) is 0 Å². The van der Waals surface area contributed by atoms with Crippen molar-refractivity contribution in [1.29, 1.82) is 0 Å². The lowest BCUT2D eigenvalue weighted by atomic mass is 10.0. The fourth-order valence-electron chi connectivity index (χ4n) is 4.93. The molecule has 2 aliphatic rings. The van der Waals surface area contributed by atoms with E-state index in [9.17, 15) is 4.79 Å². The van der Waals surface area contributed by atoms with Crippen molar-refractivity contribution in [2.24, 2.45) is 0 Å². The van der Waals surface area contributed by atoms with Crippen LogP contribution in [0, 0.1) is 0 Å². The monoisotopic (exact) mass is 473 g/mol. The van der Waals surface area contributed by atoms with Gasteiger partial charge in [0.25, 0.3) is 5.91 Å². The van der Waals surface area contributed by atoms with E-state index in [0.29, 0.717) is 17.4 Å². The van der Waals surface area contributed by atoms with Crippen molar-refractivity contribution in [2.45, 2.75) is 31.8 Å². The maximum Gasteiger partial charge on any atom is 0.257 e. The zero-order chi connectivity index (χ0) is 22.3. The van der Waals surface area contributed by atoms with Gasteiger partial charge in [-0.05, 0) is 62.2 Å². The molecule has 0 aliphatic carbocycles. The van der Waals surface area contributed by atoms with Gasteiger partial charge >= 0.3 is 0 Å². The molecule has 2 aliphatic heterocycles. The fourth-order valence-corrected chi connectivity index (χ4v) is 4.93. The molecule has 0 radical (unpaired) electrons. The molecule has 0 spiro atoms. The first-order chi connectivity index (χ1) is 15.7. The molecule has 7 heteroatoms. The zero-order valence-corrected chi connectivity index (χ0v) is 20.6. The molecular formula is C26H36ClN3O3. The van der Waals surface area contributed by atoms with Gasteiger partial charge in [0.1, 0.15) is 11.5 Å². The van der Waals surface area contributed by atoms with Gasteiger partial charge in [-0.3, -0.25) is 14.6 Å². The number of carbonyl (C=O) groups excluding carboxylic acids is 1. The van der Waals surface area contributed by atoms with Crippen LogP contribution in [-0.4, -0.2) is 80.1 Å². The Labute approximate surface area is 203 Å². The molecule has 2 aromatic rings. The number of hydrogen-bond donors (Lipinski definition) is 0. The molecule has 0 unspecified atom stereocenters. The summed E-state index contributed by atoms with van der Waals surface area (Å²) in [5.74, 6) is 1.65. The smallest absolute Gasteiger partial charge is 0.257 e. The van der Waals surface area contributed by atoms with E-state index in [0.717, 1.165) is 58.0 Å². The molecular weight excluding hydrogens is 438 g/mol. The van der Waals surface area contributed by atoms with Crippen LogP contribution in [-0.2, 0) is 6.54 Å². The molecule has 0 saturated carbocycles. The molecule has 0 atom stereocenters. The first-order valence-electron chi connectivity index (χ1n) is 11.7. The molecule has 1 amide bonds. The van der Waals surface area contributed by atoms with Crippen LogP contribution in [0.15, 0.2) is 48.5 Å². The Morgan fingerprint density at radius 1 is 0.879 bits per heavy atom. The molecule has 2 heterocycles. The van der Waals surface area contributed by atoms with Crippen LogP contribution in [0.1, 0.15) is 35.2 Å². The Bertz CT molecular complexity index is 885. The SMILES string of the molecule is COc1ccc(CN2CCC(N3CCCN(C(=O)c4ccccc4OC)CC3)CC2)cc1.Cl. The average Bonchev–Trinajstić information content (AvgIpc) is 3.11. The second-order valence-electron chi connectivity index (χ2n) is 8.74. The van der Waals surface area contributed by atoms with Gasteiger partial charge < -0.3 is 14.4 Å². The number of nitrogens with zero attached hydrogens (tertiary/aromatic N) is 3. The highest BCUT2D eigenvalue weighted by molar-refractivity contribution is 5.97. The highest BCUT2D eigenvalue weighted by Gasteiger charge is 2.28. The van der Waals surface area contributed by atoms with Crippen LogP contribution in [0.25, 0.3) is 0 Å². The maximum atomic E-state index is 13.1. The predicted octanol–water partition coefficient (Wildman–Crippen LogP) is 3.94. The summed E-state index contributed by atoms with van der Waals surface area (Å²) < 4.78 is 10.7. The molecule has 0 aromatic heterocycles. The second kappa shape index (κ2) is 12.3. The lowest BCUT2D eigenvalue weighted by Gasteiger charge is -2.38. The third-order valence-electron chi connectivity index (χ3n) is 6.79. The molecule has 4 rings (SSSR count). The topological polar surface area (TPSA) is 45.2 Å². The van der Waals surface area contributed by atoms with Crippen molar-refractivity contribution in [1.82, 2.24) is 14.7 Å². The largest absolute Gasteiger partial charge is 0.497 e. The minimum Gasteiger partial charge on any atom is -0.497 e. The van der Waals surface area contributed by atoms with E-state index < -0.39 is 0 Å². The number of ether oxygens (including phenoxy) is 2. The lowest BCUT2D eigenvalue weighted by molar-refractivity contribution is 0.0742. The lowest BCUT2D eigenvalue weighted by Crippen LogP contribution is -2.46. The number of rotatable bonds is 6. The maximum absolute atomic E-state index is 13.1. The van der Waals surface area contributed by atoms with Gasteiger partial charge in [-0.15, -0.1) is 12.4 Å². The van der Waals surface area contributed by atoms with E-state index in [1.807, 2.05) is 41.3 Å². The Balaban J connectivity index is 0.00000306. The van der Waals surface area contributed by atoms with Gasteiger partial charge in [-0.1, -0.05) is 24.3 Å². The fraction of sp³-hybridized carbons (Fsp3) is 0.500. The quantitative estimate of drug-likeness (QED) is 0.636. The summed E-state index contributed by atoms with van der Waals surface area (Å²) in [7, 11) is 3.33. The summed E-state index contributed by atoms with van der Waals surface area (Å²) >= 11 is 0. The van der Waals surface area contributed by atoms with E-state index >= 15 is 0 Å². The first-order valence-corrected chi connectivity index (χ1v) is 11.7. The Hall–Kier alpha value is -2.28. The molecule has 0 bridgehead atoms. The van der Waals surface area contributed by atoms with E-state index in [4.69, 9.17) is 9.47 Å². The van der Waals surface area contributed by atoms with Crippen molar-refractivity contribution in [3.05, 3.63) is 59.7 Å². The zero-order valence-electron chi connectivity index (χ0n) is 19.7. The van der Waals surface area contributed by atoms with Crippen molar-refractivity contribution < 1.29 is 14.3 Å². The van der Waals surface area contributed by atoms with Crippen molar-refractivity contribution >= 4 is 18.3 Å². The number of methoxy groups -OCH3 is 2.